The number of fused-ring (bicyclic) bond motifs is 1. The second-order valence-electron chi connectivity index (χ2n) is 6.68. The second kappa shape index (κ2) is 8.01. The third-order valence-corrected chi connectivity index (χ3v) is 7.70. The molecule has 2 amide bonds. The van der Waals surface area contributed by atoms with Crippen molar-refractivity contribution in [3.63, 3.8) is 0 Å². The highest BCUT2D eigenvalue weighted by Crippen LogP contribution is 2.17. The van der Waals surface area contributed by atoms with Crippen LogP contribution in [0.4, 0.5) is 0 Å². The number of thiazole rings is 1. The molecule has 30 heavy (non-hydrogen) atoms. The van der Waals surface area contributed by atoms with Gasteiger partial charge in [0.05, 0.1) is 21.7 Å². The van der Waals surface area contributed by atoms with E-state index in [9.17, 15) is 18.0 Å². The number of amides is 2. The van der Waals surface area contributed by atoms with Crippen LogP contribution in [0.3, 0.4) is 0 Å². The molecular weight excluding hydrogens is 426 g/mol. The molecule has 2 N–H and O–H groups in total. The number of sulfonamides is 1. The van der Waals surface area contributed by atoms with Gasteiger partial charge in [-0.3, -0.25) is 9.59 Å². The van der Waals surface area contributed by atoms with Crippen LogP contribution in [0.5, 0.6) is 0 Å². The van der Waals surface area contributed by atoms with Crippen LogP contribution in [0.2, 0.25) is 0 Å². The van der Waals surface area contributed by atoms with E-state index in [2.05, 4.69) is 15.8 Å². The SMILES string of the molecule is Cn1/c(=N/NC(=O)c2ccc(S(=O)(=O)N3CCNC(=O)C3)cc2)sc2ccccc21. The van der Waals surface area contributed by atoms with Gasteiger partial charge in [-0.05, 0) is 36.4 Å². The van der Waals surface area contributed by atoms with Crippen LogP contribution in [-0.4, -0.2) is 48.7 Å². The Hall–Kier alpha value is -3.02. The monoisotopic (exact) mass is 445 g/mol. The van der Waals surface area contributed by atoms with Crippen molar-refractivity contribution in [2.75, 3.05) is 19.6 Å². The fourth-order valence-electron chi connectivity index (χ4n) is 3.10. The minimum absolute atomic E-state index is 0.0293. The summed E-state index contributed by atoms with van der Waals surface area (Å²) in [5, 5.41) is 6.77. The summed E-state index contributed by atoms with van der Waals surface area (Å²) in [5.41, 5.74) is 3.79. The summed E-state index contributed by atoms with van der Waals surface area (Å²) >= 11 is 1.45. The zero-order valence-corrected chi connectivity index (χ0v) is 17.7. The molecule has 2 heterocycles. The molecule has 1 fully saturated rings. The number of nitrogens with zero attached hydrogens (tertiary/aromatic N) is 3. The smallest absolute Gasteiger partial charge is 0.271 e. The van der Waals surface area contributed by atoms with Crippen LogP contribution in [0.1, 0.15) is 10.4 Å². The van der Waals surface area contributed by atoms with Gasteiger partial charge in [-0.15, -0.1) is 5.10 Å². The molecule has 0 atom stereocenters. The number of aromatic nitrogens is 1. The summed E-state index contributed by atoms with van der Waals surface area (Å²) in [6.45, 7) is 0.270. The first kappa shape index (κ1) is 20.3. The van der Waals surface area contributed by atoms with Gasteiger partial charge in [0.15, 0.2) is 0 Å². The number of carbonyl (C=O) groups is 2. The predicted molar refractivity (Wildman–Crippen MR) is 112 cm³/mol. The van der Waals surface area contributed by atoms with Crippen molar-refractivity contribution < 1.29 is 18.0 Å². The Labute approximate surface area is 176 Å². The van der Waals surface area contributed by atoms with Gasteiger partial charge in [0.1, 0.15) is 0 Å². The summed E-state index contributed by atoms with van der Waals surface area (Å²) in [6.07, 6.45) is 0. The Balaban J connectivity index is 1.51. The average molecular weight is 446 g/mol. The van der Waals surface area contributed by atoms with E-state index in [1.54, 1.807) is 0 Å². The fourth-order valence-corrected chi connectivity index (χ4v) is 5.48. The van der Waals surface area contributed by atoms with Gasteiger partial charge < -0.3 is 9.88 Å². The molecule has 0 spiro atoms. The normalized spacial score (nSPS) is 15.9. The predicted octanol–water partition coefficient (Wildman–Crippen LogP) is 0.606. The van der Waals surface area contributed by atoms with Crippen molar-refractivity contribution in [2.45, 2.75) is 4.90 Å². The van der Waals surface area contributed by atoms with Crippen LogP contribution >= 0.6 is 11.3 Å². The van der Waals surface area contributed by atoms with Crippen molar-refractivity contribution >= 4 is 43.4 Å². The van der Waals surface area contributed by atoms with Crippen LogP contribution < -0.4 is 15.5 Å². The second-order valence-corrected chi connectivity index (χ2v) is 9.62. The van der Waals surface area contributed by atoms with Crippen LogP contribution in [-0.2, 0) is 21.9 Å². The molecule has 4 rings (SSSR count). The minimum Gasteiger partial charge on any atom is -0.354 e. The molecule has 0 aliphatic carbocycles. The maximum absolute atomic E-state index is 12.7. The van der Waals surface area contributed by atoms with Crippen molar-refractivity contribution in [1.82, 2.24) is 19.6 Å². The first-order chi connectivity index (χ1) is 14.4. The Kier molecular flexibility index (Phi) is 5.41. The number of hydrogen-bond donors (Lipinski definition) is 2. The van der Waals surface area contributed by atoms with Crippen LogP contribution in [0.15, 0.2) is 58.5 Å². The molecule has 0 bridgehead atoms. The fraction of sp³-hybridized carbons (Fsp3) is 0.211. The number of aryl methyl sites for hydroxylation is 1. The molecular formula is C19H19N5O4S2. The van der Waals surface area contributed by atoms with E-state index >= 15 is 0 Å². The highest BCUT2D eigenvalue weighted by Gasteiger charge is 2.29. The van der Waals surface area contributed by atoms with Gasteiger partial charge in [-0.25, -0.2) is 13.8 Å². The van der Waals surface area contributed by atoms with E-state index < -0.39 is 15.9 Å². The largest absolute Gasteiger partial charge is 0.354 e. The number of benzene rings is 2. The number of nitrogens with one attached hydrogen (secondary N) is 2. The molecule has 1 aliphatic heterocycles. The molecule has 156 valence electrons. The first-order valence-corrected chi connectivity index (χ1v) is 11.4. The van der Waals surface area contributed by atoms with Gasteiger partial charge in [-0.1, -0.05) is 23.5 Å². The van der Waals surface area contributed by atoms with Gasteiger partial charge >= 0.3 is 0 Å². The Morgan fingerprint density at radius 3 is 2.60 bits per heavy atom. The number of para-hydroxylation sites is 1. The number of hydrogen-bond acceptors (Lipinski definition) is 6. The van der Waals surface area contributed by atoms with Crippen molar-refractivity contribution in [3.8, 4) is 0 Å². The third kappa shape index (κ3) is 3.86. The maximum Gasteiger partial charge on any atom is 0.271 e. The summed E-state index contributed by atoms with van der Waals surface area (Å²) in [6, 6.07) is 13.4. The average Bonchev–Trinajstić information content (AvgIpc) is 3.08. The standard InChI is InChI=1S/C19H19N5O4S2/c1-23-15-4-2-3-5-16(15)29-19(23)22-21-18(26)13-6-8-14(9-7-13)30(27,28)24-11-10-20-17(25)12-24/h2-9H,10-12H2,1H3,(H,20,25)(H,21,26)/b22-19-. The molecule has 0 unspecified atom stereocenters. The maximum atomic E-state index is 12.7. The van der Waals surface area contributed by atoms with Gasteiger partial charge in [0.2, 0.25) is 20.7 Å². The van der Waals surface area contributed by atoms with Crippen molar-refractivity contribution in [2.24, 2.45) is 12.1 Å². The van der Waals surface area contributed by atoms with Gasteiger partial charge in [0, 0.05) is 25.7 Å². The Bertz CT molecular complexity index is 1290. The summed E-state index contributed by atoms with van der Waals surface area (Å²) in [4.78, 5) is 24.6. The summed E-state index contributed by atoms with van der Waals surface area (Å²) in [5.74, 6) is -0.786. The quantitative estimate of drug-likeness (QED) is 0.573. The lowest BCUT2D eigenvalue weighted by Crippen LogP contribution is -2.49. The van der Waals surface area contributed by atoms with E-state index in [-0.39, 0.29) is 36.0 Å². The molecule has 9 nitrogen and oxygen atoms in total. The van der Waals surface area contributed by atoms with Crippen LogP contribution in [0, 0.1) is 0 Å². The lowest BCUT2D eigenvalue weighted by atomic mass is 10.2. The molecule has 2 aromatic carbocycles. The molecule has 1 saturated heterocycles. The van der Waals surface area contributed by atoms with E-state index in [0.717, 1.165) is 14.5 Å². The van der Waals surface area contributed by atoms with E-state index in [0.29, 0.717) is 4.80 Å². The van der Waals surface area contributed by atoms with Crippen molar-refractivity contribution in [3.05, 3.63) is 58.9 Å². The first-order valence-electron chi connectivity index (χ1n) is 9.12. The molecule has 0 radical (unpaired) electrons. The highest BCUT2D eigenvalue weighted by molar-refractivity contribution is 7.89. The topological polar surface area (TPSA) is 113 Å². The minimum atomic E-state index is -3.80. The van der Waals surface area contributed by atoms with Crippen LogP contribution in [0.25, 0.3) is 10.2 Å². The van der Waals surface area contributed by atoms with E-state index in [1.807, 2.05) is 35.9 Å². The molecule has 0 saturated carbocycles. The third-order valence-electron chi connectivity index (χ3n) is 4.73. The van der Waals surface area contributed by atoms with Gasteiger partial charge in [-0.2, -0.15) is 4.31 Å². The lowest BCUT2D eigenvalue weighted by molar-refractivity contribution is -0.122. The lowest BCUT2D eigenvalue weighted by Gasteiger charge is -2.25. The van der Waals surface area contributed by atoms with Gasteiger partial charge in [0.25, 0.3) is 5.91 Å². The molecule has 1 aromatic heterocycles. The number of carbonyl (C=O) groups excluding carboxylic acids is 2. The summed E-state index contributed by atoms with van der Waals surface area (Å²) in [7, 11) is -1.93. The highest BCUT2D eigenvalue weighted by atomic mass is 32.2. The zero-order valence-electron chi connectivity index (χ0n) is 16.0. The number of piperazine rings is 1. The van der Waals surface area contributed by atoms with E-state index in [1.165, 1.54) is 35.6 Å². The van der Waals surface area contributed by atoms with Crippen molar-refractivity contribution in [1.29, 1.82) is 0 Å². The molecule has 1 aliphatic rings. The Morgan fingerprint density at radius 1 is 1.17 bits per heavy atom. The zero-order chi connectivity index (χ0) is 21.3. The molecule has 3 aromatic rings. The molecule has 11 heteroatoms. The Morgan fingerprint density at radius 2 is 1.90 bits per heavy atom. The van der Waals surface area contributed by atoms with E-state index in [4.69, 9.17) is 0 Å². The summed E-state index contributed by atoms with van der Waals surface area (Å²) < 4.78 is 29.4. The number of rotatable bonds is 4.